The highest BCUT2D eigenvalue weighted by molar-refractivity contribution is 5.89. The molecule has 1 atom stereocenters. The van der Waals surface area contributed by atoms with Gasteiger partial charge in [-0.05, 0) is 69.3 Å². The molecule has 2 aromatic rings. The highest BCUT2D eigenvalue weighted by atomic mass is 16.2. The van der Waals surface area contributed by atoms with Crippen LogP contribution in [0.1, 0.15) is 56.9 Å². The highest BCUT2D eigenvalue weighted by Gasteiger charge is 2.30. The molecule has 1 unspecified atom stereocenters. The number of rotatable bonds is 5. The summed E-state index contributed by atoms with van der Waals surface area (Å²) in [5.41, 5.74) is 1.21. The topological polar surface area (TPSA) is 100 Å². The zero-order chi connectivity index (χ0) is 25.5. The van der Waals surface area contributed by atoms with Gasteiger partial charge in [0, 0.05) is 56.7 Å². The second kappa shape index (κ2) is 12.2. The van der Waals surface area contributed by atoms with Gasteiger partial charge in [0.15, 0.2) is 0 Å². The molecule has 3 fully saturated rings. The third-order valence-electron chi connectivity index (χ3n) is 7.87. The van der Waals surface area contributed by atoms with Crippen LogP contribution in [0.2, 0.25) is 0 Å². The second-order valence-electron chi connectivity index (χ2n) is 10.5. The van der Waals surface area contributed by atoms with E-state index in [0.717, 1.165) is 76.7 Å². The first-order chi connectivity index (χ1) is 18.2. The number of nitrogens with one attached hydrogen (secondary N) is 2. The Kier molecular flexibility index (Phi) is 8.36. The molecule has 0 saturated carbocycles. The molecule has 0 bridgehead atoms. The molecule has 1 aromatic carbocycles. The maximum Gasteiger partial charge on any atom is 0.321 e. The molecule has 0 spiro atoms. The van der Waals surface area contributed by atoms with Crippen LogP contribution in [-0.2, 0) is 0 Å². The van der Waals surface area contributed by atoms with Crippen LogP contribution in [0, 0.1) is 11.3 Å². The van der Waals surface area contributed by atoms with Gasteiger partial charge >= 0.3 is 6.03 Å². The number of likely N-dealkylation sites (tertiary alicyclic amines) is 2. The molecule has 3 aliphatic heterocycles. The summed E-state index contributed by atoms with van der Waals surface area (Å²) in [5, 5.41) is 15.6. The van der Waals surface area contributed by atoms with Crippen molar-refractivity contribution in [2.45, 2.75) is 63.5 Å². The number of hydrogen-bond acceptors (Lipinski definition) is 7. The Bertz CT molecular complexity index is 1090. The summed E-state index contributed by atoms with van der Waals surface area (Å²) < 4.78 is 0. The van der Waals surface area contributed by atoms with E-state index in [1.807, 2.05) is 23.2 Å². The van der Waals surface area contributed by atoms with Crippen molar-refractivity contribution in [3.05, 3.63) is 42.1 Å². The largest absolute Gasteiger partial charge is 0.356 e. The van der Waals surface area contributed by atoms with Crippen molar-refractivity contribution in [2.75, 3.05) is 54.8 Å². The van der Waals surface area contributed by atoms with E-state index in [1.54, 1.807) is 18.2 Å². The van der Waals surface area contributed by atoms with Crippen molar-refractivity contribution in [1.82, 2.24) is 19.8 Å². The Morgan fingerprint density at radius 3 is 2.57 bits per heavy atom. The van der Waals surface area contributed by atoms with Crippen LogP contribution >= 0.6 is 0 Å². The fourth-order valence-electron chi connectivity index (χ4n) is 5.84. The van der Waals surface area contributed by atoms with E-state index in [-0.39, 0.29) is 6.03 Å². The van der Waals surface area contributed by atoms with Crippen LogP contribution in [0.3, 0.4) is 0 Å². The number of anilines is 3. The summed E-state index contributed by atoms with van der Waals surface area (Å²) in [6.45, 7) is 5.72. The molecule has 4 heterocycles. The average molecular weight is 503 g/mol. The number of amides is 2. The Labute approximate surface area is 219 Å². The summed E-state index contributed by atoms with van der Waals surface area (Å²) in [5.74, 6) is 1.78. The van der Waals surface area contributed by atoms with Crippen molar-refractivity contribution in [1.29, 1.82) is 5.26 Å². The minimum absolute atomic E-state index is 0.0897. The quantitative estimate of drug-likeness (QED) is 0.629. The zero-order valence-electron chi connectivity index (χ0n) is 21.6. The number of piperidine rings is 2. The van der Waals surface area contributed by atoms with Crippen molar-refractivity contribution in [3.63, 3.8) is 0 Å². The van der Waals surface area contributed by atoms with Gasteiger partial charge in [0.25, 0.3) is 0 Å². The van der Waals surface area contributed by atoms with Crippen molar-refractivity contribution in [3.8, 4) is 6.07 Å². The van der Waals surface area contributed by atoms with E-state index in [9.17, 15) is 4.79 Å². The van der Waals surface area contributed by atoms with Gasteiger partial charge in [-0.2, -0.15) is 10.2 Å². The molecular formula is C28H38N8O. The standard InChI is InChI=1S/C28H38N8O/c29-20-22-7-5-8-23(19-22)32-28(37)35-17-11-25(12-18-35)36-16-6-9-24(21-36)31-27-30-13-10-26(33-27)34-14-3-1-2-4-15-34/h5,7-8,10,13,19,24-25H,1-4,6,9,11-12,14-18,21H2,(H,32,37)(H,30,31,33). The predicted molar refractivity (Wildman–Crippen MR) is 146 cm³/mol. The molecule has 9 heteroatoms. The van der Waals surface area contributed by atoms with Crippen LogP contribution in [0.5, 0.6) is 0 Å². The number of carbonyl (C=O) groups is 1. The SMILES string of the molecule is N#Cc1cccc(NC(=O)N2CCC(N3CCCC(Nc4nccc(N5CCCCCC5)n4)C3)CC2)c1. The van der Waals surface area contributed by atoms with Crippen LogP contribution in [-0.4, -0.2) is 77.2 Å². The molecule has 37 heavy (non-hydrogen) atoms. The lowest BCUT2D eigenvalue weighted by Gasteiger charge is -2.42. The first-order valence-electron chi connectivity index (χ1n) is 13.8. The number of urea groups is 1. The Morgan fingerprint density at radius 1 is 0.973 bits per heavy atom. The summed E-state index contributed by atoms with van der Waals surface area (Å²) in [7, 11) is 0. The molecule has 0 radical (unpaired) electrons. The molecule has 0 aliphatic carbocycles. The predicted octanol–water partition coefficient (Wildman–Crippen LogP) is 4.30. The van der Waals surface area contributed by atoms with Gasteiger partial charge in [0.05, 0.1) is 11.6 Å². The lowest BCUT2D eigenvalue weighted by molar-refractivity contribution is 0.0997. The van der Waals surface area contributed by atoms with Gasteiger partial charge in [0.1, 0.15) is 5.82 Å². The maximum atomic E-state index is 12.8. The van der Waals surface area contributed by atoms with Crippen molar-refractivity contribution >= 4 is 23.5 Å². The van der Waals surface area contributed by atoms with Gasteiger partial charge in [0.2, 0.25) is 5.95 Å². The average Bonchev–Trinajstić information content (AvgIpc) is 3.23. The van der Waals surface area contributed by atoms with Crippen molar-refractivity contribution < 1.29 is 4.79 Å². The minimum atomic E-state index is -0.0897. The molecule has 3 aliphatic rings. The minimum Gasteiger partial charge on any atom is -0.356 e. The molecule has 5 rings (SSSR count). The van der Waals surface area contributed by atoms with Crippen LogP contribution in [0.4, 0.5) is 22.2 Å². The van der Waals surface area contributed by atoms with Crippen LogP contribution in [0.25, 0.3) is 0 Å². The van der Waals surface area contributed by atoms with Crippen LogP contribution < -0.4 is 15.5 Å². The Hall–Kier alpha value is -3.38. The highest BCUT2D eigenvalue weighted by Crippen LogP contribution is 2.24. The van der Waals surface area contributed by atoms with Gasteiger partial charge in [-0.15, -0.1) is 0 Å². The summed E-state index contributed by atoms with van der Waals surface area (Å²) in [4.78, 5) is 29.0. The first-order valence-corrected chi connectivity index (χ1v) is 13.8. The van der Waals surface area contributed by atoms with E-state index in [4.69, 9.17) is 10.2 Å². The number of nitriles is 1. The third kappa shape index (κ3) is 6.69. The number of nitrogens with zero attached hydrogens (tertiary/aromatic N) is 6. The lowest BCUT2D eigenvalue weighted by Crippen LogP contribution is -2.52. The van der Waals surface area contributed by atoms with Crippen molar-refractivity contribution in [2.24, 2.45) is 0 Å². The first kappa shape index (κ1) is 25.3. The van der Waals surface area contributed by atoms with E-state index < -0.39 is 0 Å². The Morgan fingerprint density at radius 2 is 1.78 bits per heavy atom. The lowest BCUT2D eigenvalue weighted by atomic mass is 9.98. The van der Waals surface area contributed by atoms with Gasteiger partial charge < -0.3 is 20.4 Å². The van der Waals surface area contributed by atoms with E-state index in [0.29, 0.717) is 23.3 Å². The molecule has 3 saturated heterocycles. The Balaban J connectivity index is 1.11. The number of hydrogen-bond donors (Lipinski definition) is 2. The van der Waals surface area contributed by atoms with Crippen LogP contribution in [0.15, 0.2) is 36.5 Å². The number of carbonyl (C=O) groups excluding carboxylic acids is 1. The normalized spacial score (nSPS) is 21.6. The molecule has 2 amide bonds. The molecule has 196 valence electrons. The molecule has 9 nitrogen and oxygen atoms in total. The molecular weight excluding hydrogens is 464 g/mol. The maximum absolute atomic E-state index is 12.8. The van der Waals surface area contributed by atoms with Gasteiger partial charge in [-0.1, -0.05) is 18.9 Å². The van der Waals surface area contributed by atoms with Gasteiger partial charge in [-0.25, -0.2) is 9.78 Å². The fourth-order valence-corrected chi connectivity index (χ4v) is 5.84. The molecule has 1 aromatic heterocycles. The number of benzene rings is 1. The zero-order valence-corrected chi connectivity index (χ0v) is 21.6. The molecule has 2 N–H and O–H groups in total. The monoisotopic (exact) mass is 502 g/mol. The third-order valence-corrected chi connectivity index (χ3v) is 7.87. The fraction of sp³-hybridized carbons (Fsp3) is 0.571. The van der Waals surface area contributed by atoms with E-state index in [2.05, 4.69) is 31.5 Å². The van der Waals surface area contributed by atoms with Gasteiger partial charge in [-0.3, -0.25) is 4.90 Å². The van der Waals surface area contributed by atoms with E-state index in [1.165, 1.54) is 25.7 Å². The van der Waals surface area contributed by atoms with E-state index >= 15 is 0 Å². The summed E-state index contributed by atoms with van der Waals surface area (Å²) in [6, 6.07) is 11.9. The summed E-state index contributed by atoms with van der Waals surface area (Å²) >= 11 is 0. The smallest absolute Gasteiger partial charge is 0.321 e. The summed E-state index contributed by atoms with van der Waals surface area (Å²) in [6.07, 6.45) is 11.2. The number of aromatic nitrogens is 2. The second-order valence-corrected chi connectivity index (χ2v) is 10.5.